The number of benzene rings is 6. The lowest BCUT2D eigenvalue weighted by Crippen LogP contribution is -2.32. The second kappa shape index (κ2) is 26.0. The van der Waals surface area contributed by atoms with Crippen molar-refractivity contribution in [3.8, 4) is 52.0 Å². The van der Waals surface area contributed by atoms with E-state index in [1.54, 1.807) is 54.6 Å². The van der Waals surface area contributed by atoms with Gasteiger partial charge < -0.3 is 23.9 Å². The van der Waals surface area contributed by atoms with Crippen LogP contribution in [0.2, 0.25) is 35.2 Å². The first-order valence-corrected chi connectivity index (χ1v) is 27.6. The van der Waals surface area contributed by atoms with Crippen LogP contribution in [0.4, 0.5) is 11.6 Å². The standard InChI is InChI=1S/C19H10Cl2N6O4.C18H7Cl3N6O4.C18H11Cl2N5O4/c1-8-3-4-10-11(5-8)16(28)24-25-18(10)31-14-12(20)6-9(7-13(14)21)27-19(30)23-17(29)15(22-2)26-27;1-22-14-16(29)23-18(30)27(26-14)8-5-11(20)13(12(21)6-8)31-17-9-3-2-7(19)4-10(9)15(28)24-25-17;1-8-15(26)21-18(28)25(24-8)9-6-12(19)14(13(20)7-9)29-17-11-5-3-2-4-10(11)16(27)22-23-17/h3-7H,1H3,(H,24,28)(H,23,29,30);2-6H,(H,24,28)(H,23,29,30);2-7H,1H3,(H,22,27)(H,21,26,28). The molecule has 6 aromatic carbocycles. The zero-order valence-electron chi connectivity index (χ0n) is 45.2. The maximum atomic E-state index is 12.1. The van der Waals surface area contributed by atoms with Gasteiger partial charge in [-0.15, -0.1) is 24.7 Å². The summed E-state index contributed by atoms with van der Waals surface area (Å²) in [5, 5.41) is 32.8. The average Bonchev–Trinajstić information content (AvgIpc) is 0.910. The molecule has 0 unspecified atom stereocenters. The molecule has 0 fully saturated rings. The molecule has 0 radical (unpaired) electrons. The van der Waals surface area contributed by atoms with E-state index >= 15 is 0 Å². The number of rotatable bonds is 9. The highest BCUT2D eigenvalue weighted by Crippen LogP contribution is 2.42. The normalized spacial score (nSPS) is 10.8. The van der Waals surface area contributed by atoms with Gasteiger partial charge in [0, 0.05) is 5.02 Å². The van der Waals surface area contributed by atoms with E-state index in [1.165, 1.54) is 49.4 Å². The Kier molecular flexibility index (Phi) is 18.0. The third-order valence-corrected chi connectivity index (χ3v) is 14.3. The summed E-state index contributed by atoms with van der Waals surface area (Å²) in [4.78, 5) is 119. The Morgan fingerprint density at radius 2 is 0.736 bits per heavy atom. The molecule has 0 bridgehead atoms. The van der Waals surface area contributed by atoms with Crippen molar-refractivity contribution in [1.29, 1.82) is 0 Å². The summed E-state index contributed by atoms with van der Waals surface area (Å²) in [7, 11) is 0. The van der Waals surface area contributed by atoms with Crippen LogP contribution in [-0.2, 0) is 0 Å². The Morgan fingerprint density at radius 1 is 0.396 bits per heavy atom. The Bertz CT molecular complexity index is 5400. The third-order valence-electron chi connectivity index (χ3n) is 12.4. The van der Waals surface area contributed by atoms with Crippen molar-refractivity contribution < 1.29 is 14.2 Å². The molecule has 0 aliphatic heterocycles. The zero-order chi connectivity index (χ0) is 65.3. The van der Waals surface area contributed by atoms with E-state index in [0.29, 0.717) is 32.0 Å². The van der Waals surface area contributed by atoms with Crippen molar-refractivity contribution in [1.82, 2.24) is 74.9 Å². The molecule has 0 aliphatic carbocycles. The van der Waals surface area contributed by atoms with Gasteiger partial charge in [0.25, 0.3) is 33.4 Å². The molecule has 454 valence electrons. The van der Waals surface area contributed by atoms with Crippen molar-refractivity contribution in [2.24, 2.45) is 0 Å². The number of hydrogen-bond donors (Lipinski definition) is 6. The van der Waals surface area contributed by atoms with Crippen LogP contribution in [0.1, 0.15) is 11.3 Å². The van der Waals surface area contributed by atoms with Crippen molar-refractivity contribution in [2.75, 3.05) is 0 Å². The number of aromatic nitrogens is 15. The molecule has 6 aromatic heterocycles. The predicted molar refractivity (Wildman–Crippen MR) is 336 cm³/mol. The van der Waals surface area contributed by atoms with Crippen LogP contribution in [-0.4, -0.2) is 74.9 Å². The molecule has 0 atom stereocenters. The number of aromatic amines is 6. The number of H-pyrrole nitrogens is 6. The molecule has 0 spiro atoms. The van der Waals surface area contributed by atoms with Gasteiger partial charge in [0.15, 0.2) is 17.2 Å². The van der Waals surface area contributed by atoms with Crippen LogP contribution in [0.15, 0.2) is 140 Å². The Hall–Kier alpha value is -11.0. The van der Waals surface area contributed by atoms with Gasteiger partial charge in [-0.1, -0.05) is 118 Å². The van der Waals surface area contributed by atoms with Crippen LogP contribution in [0.5, 0.6) is 34.9 Å². The zero-order valence-corrected chi connectivity index (χ0v) is 50.5. The Labute approximate surface area is 536 Å². The van der Waals surface area contributed by atoms with Gasteiger partial charge in [-0.2, -0.15) is 9.78 Å². The van der Waals surface area contributed by atoms with Crippen molar-refractivity contribution in [2.45, 2.75) is 13.8 Å². The molecular formula is C55H28Cl7N17O12. The molecular weight excluding hydrogens is 1340 g/mol. The van der Waals surface area contributed by atoms with Gasteiger partial charge >= 0.3 is 28.7 Å². The number of fused-ring (bicyclic) bond motifs is 3. The molecule has 36 heteroatoms. The lowest BCUT2D eigenvalue weighted by atomic mass is 10.1. The maximum Gasteiger partial charge on any atom is 0.365 e. The smallest absolute Gasteiger partial charge is 0.365 e. The molecule has 12 rings (SSSR count). The van der Waals surface area contributed by atoms with Gasteiger partial charge in [-0.3, -0.25) is 43.7 Å². The van der Waals surface area contributed by atoms with E-state index in [1.807, 2.05) is 16.9 Å². The number of nitrogens with zero attached hydrogens (tertiary/aromatic N) is 11. The van der Waals surface area contributed by atoms with Crippen LogP contribution in [0, 0.1) is 27.0 Å². The topological polar surface area (TPSA) is 377 Å². The first kappa shape index (κ1) is 63.0. The van der Waals surface area contributed by atoms with E-state index in [-0.39, 0.29) is 104 Å². The fourth-order valence-electron chi connectivity index (χ4n) is 8.21. The molecule has 0 amide bonds. The summed E-state index contributed by atoms with van der Waals surface area (Å²) >= 11 is 43.8. The third kappa shape index (κ3) is 13.1. The minimum atomic E-state index is -0.912. The van der Waals surface area contributed by atoms with Crippen LogP contribution in [0.25, 0.3) is 59.1 Å². The largest absolute Gasteiger partial charge is 0.434 e. The fraction of sp³-hybridized carbons (Fsp3) is 0.0364. The predicted octanol–water partition coefficient (Wildman–Crippen LogP) is 9.14. The fourth-order valence-corrected chi connectivity index (χ4v) is 10.0. The van der Waals surface area contributed by atoms with E-state index in [0.717, 1.165) is 19.6 Å². The van der Waals surface area contributed by atoms with Gasteiger partial charge in [-0.05, 0) is 103 Å². The minimum Gasteiger partial charge on any atom is -0.434 e. The number of ether oxygens (including phenoxy) is 3. The highest BCUT2D eigenvalue weighted by Gasteiger charge is 2.22. The number of aryl methyl sites for hydroxylation is 2. The lowest BCUT2D eigenvalue weighted by Gasteiger charge is -2.12. The Morgan fingerprint density at radius 3 is 1.14 bits per heavy atom. The second-order valence-electron chi connectivity index (χ2n) is 18.3. The molecule has 29 nitrogen and oxygen atoms in total. The Balaban J connectivity index is 0.000000150. The second-order valence-corrected chi connectivity index (χ2v) is 21.2. The van der Waals surface area contributed by atoms with E-state index < -0.39 is 50.9 Å². The van der Waals surface area contributed by atoms with Crippen LogP contribution in [0.3, 0.4) is 0 Å². The molecule has 12 aromatic rings. The quantitative estimate of drug-likeness (QED) is 0.0733. The van der Waals surface area contributed by atoms with Gasteiger partial charge in [-0.25, -0.2) is 29.7 Å². The van der Waals surface area contributed by atoms with Crippen molar-refractivity contribution in [3.05, 3.63) is 260 Å². The van der Waals surface area contributed by atoms with E-state index in [9.17, 15) is 43.2 Å². The summed E-state index contributed by atoms with van der Waals surface area (Å²) in [6, 6.07) is 24.6. The highest BCUT2D eigenvalue weighted by atomic mass is 35.5. The van der Waals surface area contributed by atoms with Crippen LogP contribution < -0.4 is 64.6 Å². The molecule has 0 saturated carbocycles. The summed E-state index contributed by atoms with van der Waals surface area (Å²) in [5.41, 5.74) is -4.70. The summed E-state index contributed by atoms with van der Waals surface area (Å²) in [5.74, 6) is -0.774. The molecule has 6 N–H and O–H groups in total. The maximum absolute atomic E-state index is 12.1. The molecule has 0 aliphatic rings. The van der Waals surface area contributed by atoms with E-state index in [4.69, 9.17) is 109 Å². The minimum absolute atomic E-state index is 0.0000222. The SMILES string of the molecule is Cc1nn(-c2cc(Cl)c(Oc3n[nH]c(=O)c4ccccc34)c(Cl)c2)c(=O)[nH]c1=O.[C-]#[N+]c1nn(-c2cc(Cl)c(Oc3n[nH]c(=O)c4cc(C)ccc34)c(Cl)c2)c(=O)[nH]c1=O.[C-]#[N+]c1nn(-c2cc(Cl)c(Oc3n[nH]c(=O)c4cc(Cl)ccc34)c(Cl)c2)c(=O)[nH]c1=O. The summed E-state index contributed by atoms with van der Waals surface area (Å²) in [6.45, 7) is 17.2. The van der Waals surface area contributed by atoms with Crippen molar-refractivity contribution in [3.63, 3.8) is 0 Å². The molecule has 6 heterocycles. The number of hydrogen-bond acceptors (Lipinski definition) is 18. The summed E-state index contributed by atoms with van der Waals surface area (Å²) in [6.07, 6.45) is 0. The summed E-state index contributed by atoms with van der Waals surface area (Å²) < 4.78 is 19.8. The van der Waals surface area contributed by atoms with Gasteiger partial charge in [0.2, 0.25) is 17.6 Å². The first-order chi connectivity index (χ1) is 43.4. The average molecular weight is 1370 g/mol. The van der Waals surface area contributed by atoms with Crippen LogP contribution >= 0.6 is 81.2 Å². The lowest BCUT2D eigenvalue weighted by molar-refractivity contribution is 0.461. The molecule has 91 heavy (non-hydrogen) atoms. The van der Waals surface area contributed by atoms with E-state index in [2.05, 4.69) is 60.6 Å². The van der Waals surface area contributed by atoms with Crippen molar-refractivity contribution >= 4 is 125 Å². The first-order valence-electron chi connectivity index (χ1n) is 25.0. The monoisotopic (exact) mass is 1360 g/mol. The van der Waals surface area contributed by atoms with Gasteiger partial charge in [0.1, 0.15) is 5.69 Å². The molecule has 0 saturated heterocycles. The van der Waals surface area contributed by atoms with Gasteiger partial charge in [0.05, 0.1) is 79.5 Å². The number of nitrogens with one attached hydrogen (secondary N) is 6. The number of halogens is 7. The highest BCUT2D eigenvalue weighted by molar-refractivity contribution is 6.39.